The molecular weight excluding hydrogens is 252 g/mol. The minimum atomic E-state index is 0.0573. The van der Waals surface area contributed by atoms with E-state index in [0.29, 0.717) is 12.5 Å². The fraction of sp³-hybridized carbons (Fsp3) is 0.562. The van der Waals surface area contributed by atoms with Crippen molar-refractivity contribution in [3.05, 3.63) is 24.3 Å². The molecule has 0 aliphatic carbocycles. The predicted octanol–water partition coefficient (Wildman–Crippen LogP) is 2.66. The summed E-state index contributed by atoms with van der Waals surface area (Å²) in [4.78, 5) is 12.3. The van der Waals surface area contributed by atoms with Crippen molar-refractivity contribution < 1.29 is 9.53 Å². The summed E-state index contributed by atoms with van der Waals surface area (Å²) in [7, 11) is 0. The molecule has 1 aromatic rings. The molecule has 1 saturated heterocycles. The number of hydrogen-bond acceptors (Lipinski definition) is 3. The van der Waals surface area contributed by atoms with Gasteiger partial charge in [-0.1, -0.05) is 26.0 Å². The van der Waals surface area contributed by atoms with Crippen LogP contribution in [0.3, 0.4) is 0 Å². The lowest BCUT2D eigenvalue weighted by Gasteiger charge is -2.22. The van der Waals surface area contributed by atoms with Gasteiger partial charge in [0.15, 0.2) is 0 Å². The van der Waals surface area contributed by atoms with E-state index in [1.165, 1.54) is 0 Å². The molecule has 0 spiro atoms. The van der Waals surface area contributed by atoms with Crippen molar-refractivity contribution in [2.24, 2.45) is 11.8 Å². The van der Waals surface area contributed by atoms with Crippen LogP contribution in [0, 0.1) is 11.8 Å². The highest BCUT2D eigenvalue weighted by molar-refractivity contribution is 5.94. The third-order valence-electron chi connectivity index (χ3n) is 3.38. The van der Waals surface area contributed by atoms with Gasteiger partial charge in [-0.3, -0.25) is 4.79 Å². The van der Waals surface area contributed by atoms with Crippen molar-refractivity contribution in [1.29, 1.82) is 0 Å². The third kappa shape index (κ3) is 4.23. The van der Waals surface area contributed by atoms with Gasteiger partial charge < -0.3 is 15.4 Å². The van der Waals surface area contributed by atoms with Crippen LogP contribution in [0.25, 0.3) is 0 Å². The molecule has 1 aromatic carbocycles. The molecule has 1 aliphatic rings. The molecule has 1 aliphatic heterocycles. The molecule has 0 saturated carbocycles. The largest absolute Gasteiger partial charge is 0.491 e. The second-order valence-electron chi connectivity index (χ2n) is 5.73. The summed E-state index contributed by atoms with van der Waals surface area (Å²) in [6.07, 6.45) is 2.01. The van der Waals surface area contributed by atoms with E-state index in [1.54, 1.807) is 0 Å². The highest BCUT2D eigenvalue weighted by Crippen LogP contribution is 2.25. The van der Waals surface area contributed by atoms with E-state index in [9.17, 15) is 4.79 Å². The highest BCUT2D eigenvalue weighted by Gasteiger charge is 2.21. The monoisotopic (exact) mass is 276 g/mol. The lowest BCUT2D eigenvalue weighted by atomic mass is 9.99. The molecule has 0 bridgehead atoms. The zero-order chi connectivity index (χ0) is 14.4. The second-order valence-corrected chi connectivity index (χ2v) is 5.73. The molecule has 2 rings (SSSR count). The molecular formula is C16H24N2O2. The van der Waals surface area contributed by atoms with Gasteiger partial charge in [-0.2, -0.15) is 0 Å². The summed E-state index contributed by atoms with van der Waals surface area (Å²) >= 11 is 0. The van der Waals surface area contributed by atoms with Gasteiger partial charge in [-0.15, -0.1) is 0 Å². The van der Waals surface area contributed by atoms with Crippen LogP contribution < -0.4 is 15.4 Å². The van der Waals surface area contributed by atoms with Gasteiger partial charge in [0.05, 0.1) is 18.2 Å². The third-order valence-corrected chi connectivity index (χ3v) is 3.38. The Kier molecular flexibility index (Phi) is 5.41. The summed E-state index contributed by atoms with van der Waals surface area (Å²) in [5.41, 5.74) is 0.767. The van der Waals surface area contributed by atoms with Crippen molar-refractivity contribution in [2.45, 2.75) is 26.7 Å². The van der Waals surface area contributed by atoms with Gasteiger partial charge in [0.2, 0.25) is 5.91 Å². The lowest BCUT2D eigenvalue weighted by molar-refractivity contribution is -0.120. The van der Waals surface area contributed by atoms with Crippen LogP contribution in [-0.2, 0) is 4.79 Å². The first-order valence-corrected chi connectivity index (χ1v) is 7.40. The number of rotatable bonds is 5. The van der Waals surface area contributed by atoms with E-state index in [1.807, 2.05) is 24.3 Å². The Morgan fingerprint density at radius 2 is 2.25 bits per heavy atom. The van der Waals surface area contributed by atoms with Crippen LogP contribution in [-0.4, -0.2) is 25.6 Å². The van der Waals surface area contributed by atoms with Crippen molar-refractivity contribution in [1.82, 2.24) is 5.32 Å². The molecule has 4 nitrogen and oxygen atoms in total. The molecule has 4 heteroatoms. The first kappa shape index (κ1) is 14.9. The Balaban J connectivity index is 1.98. The van der Waals surface area contributed by atoms with Crippen molar-refractivity contribution in [2.75, 3.05) is 25.0 Å². The standard InChI is InChI=1S/C16H24N2O2/c1-12(2)11-20-15-8-4-3-7-14(15)18-16(19)13-6-5-9-17-10-13/h3-4,7-8,12-13,17H,5-6,9-11H2,1-2H3,(H,18,19). The topological polar surface area (TPSA) is 50.4 Å². The maximum absolute atomic E-state index is 12.3. The summed E-state index contributed by atoms with van der Waals surface area (Å²) in [6, 6.07) is 7.63. The highest BCUT2D eigenvalue weighted by atomic mass is 16.5. The van der Waals surface area contributed by atoms with Crippen LogP contribution in [0.15, 0.2) is 24.3 Å². The minimum Gasteiger partial charge on any atom is -0.491 e. The maximum Gasteiger partial charge on any atom is 0.228 e. The number of amides is 1. The van der Waals surface area contributed by atoms with E-state index in [4.69, 9.17) is 4.74 Å². The van der Waals surface area contributed by atoms with Crippen LogP contribution in [0.5, 0.6) is 5.75 Å². The molecule has 1 heterocycles. The van der Waals surface area contributed by atoms with Gasteiger partial charge >= 0.3 is 0 Å². The van der Waals surface area contributed by atoms with Gasteiger partial charge in [-0.25, -0.2) is 0 Å². The first-order valence-electron chi connectivity index (χ1n) is 7.40. The quantitative estimate of drug-likeness (QED) is 0.869. The average molecular weight is 276 g/mol. The van der Waals surface area contributed by atoms with Crippen molar-refractivity contribution >= 4 is 11.6 Å². The normalized spacial score (nSPS) is 18.9. The van der Waals surface area contributed by atoms with Crippen LogP contribution in [0.1, 0.15) is 26.7 Å². The number of para-hydroxylation sites is 2. The van der Waals surface area contributed by atoms with Gasteiger partial charge in [0, 0.05) is 6.54 Å². The van der Waals surface area contributed by atoms with Crippen LogP contribution >= 0.6 is 0 Å². The fourth-order valence-electron chi connectivity index (χ4n) is 2.26. The summed E-state index contributed by atoms with van der Waals surface area (Å²) < 4.78 is 5.76. The van der Waals surface area contributed by atoms with Gasteiger partial charge in [0.25, 0.3) is 0 Å². The summed E-state index contributed by atoms with van der Waals surface area (Å²) in [5.74, 6) is 1.35. The molecule has 1 atom stereocenters. The Labute approximate surface area is 120 Å². The van der Waals surface area contributed by atoms with E-state index >= 15 is 0 Å². The number of hydrogen-bond donors (Lipinski definition) is 2. The number of ether oxygens (including phenoxy) is 1. The molecule has 110 valence electrons. The van der Waals surface area contributed by atoms with E-state index in [0.717, 1.165) is 37.4 Å². The smallest absolute Gasteiger partial charge is 0.228 e. The number of benzene rings is 1. The lowest BCUT2D eigenvalue weighted by Crippen LogP contribution is -2.37. The molecule has 1 amide bonds. The number of nitrogens with one attached hydrogen (secondary N) is 2. The zero-order valence-electron chi connectivity index (χ0n) is 12.3. The zero-order valence-corrected chi connectivity index (χ0v) is 12.3. The second kappa shape index (κ2) is 7.29. The van der Waals surface area contributed by atoms with E-state index in [-0.39, 0.29) is 11.8 Å². The SMILES string of the molecule is CC(C)COc1ccccc1NC(=O)C1CCCNC1. The summed E-state index contributed by atoms with van der Waals surface area (Å²) in [5, 5.41) is 6.26. The number of carbonyl (C=O) groups excluding carboxylic acids is 1. The van der Waals surface area contributed by atoms with Crippen molar-refractivity contribution in [3.63, 3.8) is 0 Å². The Morgan fingerprint density at radius 3 is 2.95 bits per heavy atom. The van der Waals surface area contributed by atoms with E-state index in [2.05, 4.69) is 24.5 Å². The van der Waals surface area contributed by atoms with Crippen LogP contribution in [0.4, 0.5) is 5.69 Å². The molecule has 0 aromatic heterocycles. The number of piperidine rings is 1. The number of anilines is 1. The fourth-order valence-corrected chi connectivity index (χ4v) is 2.26. The molecule has 1 fully saturated rings. The predicted molar refractivity (Wildman–Crippen MR) is 81.0 cm³/mol. The molecule has 20 heavy (non-hydrogen) atoms. The molecule has 2 N–H and O–H groups in total. The van der Waals surface area contributed by atoms with Gasteiger partial charge in [-0.05, 0) is 37.4 Å². The van der Waals surface area contributed by atoms with Crippen molar-refractivity contribution in [3.8, 4) is 5.75 Å². The Hall–Kier alpha value is -1.55. The first-order chi connectivity index (χ1) is 9.66. The van der Waals surface area contributed by atoms with E-state index < -0.39 is 0 Å². The Bertz CT molecular complexity index is 440. The average Bonchev–Trinajstić information content (AvgIpc) is 2.47. The summed E-state index contributed by atoms with van der Waals surface area (Å²) in [6.45, 7) is 6.64. The number of carbonyl (C=O) groups is 1. The minimum absolute atomic E-state index is 0.0573. The maximum atomic E-state index is 12.3. The Morgan fingerprint density at radius 1 is 1.45 bits per heavy atom. The molecule has 1 unspecified atom stereocenters. The molecule has 0 radical (unpaired) electrons. The van der Waals surface area contributed by atoms with Gasteiger partial charge in [0.1, 0.15) is 5.75 Å². The van der Waals surface area contributed by atoms with Crippen LogP contribution in [0.2, 0.25) is 0 Å².